The fourth-order valence-corrected chi connectivity index (χ4v) is 3.37. The number of carbonyl (C=O) groups excluding carboxylic acids is 3. The Morgan fingerprint density at radius 3 is 2.36 bits per heavy atom. The van der Waals surface area contributed by atoms with Gasteiger partial charge in [0.25, 0.3) is 0 Å². The second-order valence-electron chi connectivity index (χ2n) is 5.88. The van der Waals surface area contributed by atoms with Crippen molar-refractivity contribution < 1.29 is 14.4 Å². The summed E-state index contributed by atoms with van der Waals surface area (Å²) in [6.07, 6.45) is 0.658. The summed E-state index contributed by atoms with van der Waals surface area (Å²) in [6.45, 7) is 3.88. The van der Waals surface area contributed by atoms with E-state index in [0.717, 1.165) is 14.9 Å². The number of aryl methyl sites for hydroxylation is 2. The number of benzene rings is 1. The van der Waals surface area contributed by atoms with E-state index in [4.69, 9.17) is 0 Å². The van der Waals surface area contributed by atoms with Crippen LogP contribution in [0, 0.1) is 13.8 Å². The molecular formula is C19H20BrNO3S. The van der Waals surface area contributed by atoms with Gasteiger partial charge in [-0.25, -0.2) is 0 Å². The Labute approximate surface area is 159 Å². The molecule has 4 nitrogen and oxygen atoms in total. The lowest BCUT2D eigenvalue weighted by Crippen LogP contribution is -2.14. The molecule has 1 amide bonds. The van der Waals surface area contributed by atoms with Crippen molar-refractivity contribution in [2.45, 2.75) is 39.5 Å². The highest BCUT2D eigenvalue weighted by atomic mass is 79.9. The number of rotatable bonds is 8. The minimum absolute atomic E-state index is 0.0127. The van der Waals surface area contributed by atoms with Crippen molar-refractivity contribution in [2.75, 3.05) is 5.32 Å². The van der Waals surface area contributed by atoms with Gasteiger partial charge in [0.1, 0.15) is 5.78 Å². The van der Waals surface area contributed by atoms with Gasteiger partial charge in [-0.05, 0) is 49.7 Å². The molecule has 1 aromatic heterocycles. The Kier molecular flexibility index (Phi) is 7.08. The Morgan fingerprint density at radius 2 is 1.72 bits per heavy atom. The highest BCUT2D eigenvalue weighted by Gasteiger charge is 2.12. The van der Waals surface area contributed by atoms with Crippen molar-refractivity contribution in [1.82, 2.24) is 0 Å². The lowest BCUT2D eigenvalue weighted by Gasteiger charge is -2.07. The zero-order valence-corrected chi connectivity index (χ0v) is 16.6. The molecule has 2 aromatic rings. The first-order valence-corrected chi connectivity index (χ1v) is 9.63. The van der Waals surface area contributed by atoms with E-state index in [9.17, 15) is 14.4 Å². The fourth-order valence-electron chi connectivity index (χ4n) is 2.28. The molecule has 0 bridgehead atoms. The summed E-state index contributed by atoms with van der Waals surface area (Å²) >= 11 is 4.85. The van der Waals surface area contributed by atoms with Gasteiger partial charge < -0.3 is 5.32 Å². The molecule has 0 aliphatic rings. The number of Topliss-reactive ketones (excluding diaryl/α,β-unsaturated/α-hetero) is 2. The molecule has 0 aliphatic carbocycles. The maximum Gasteiger partial charge on any atom is 0.224 e. The van der Waals surface area contributed by atoms with Crippen LogP contribution in [0.5, 0.6) is 0 Å². The summed E-state index contributed by atoms with van der Waals surface area (Å²) in [6, 6.07) is 9.23. The number of ketones is 2. The van der Waals surface area contributed by atoms with Gasteiger partial charge in [-0.2, -0.15) is 0 Å². The fraction of sp³-hybridized carbons (Fsp3) is 0.316. The quantitative estimate of drug-likeness (QED) is 0.604. The number of hydrogen-bond donors (Lipinski definition) is 1. The van der Waals surface area contributed by atoms with Crippen molar-refractivity contribution in [2.24, 2.45) is 0 Å². The lowest BCUT2D eigenvalue weighted by atomic mass is 10.1. The number of halogens is 1. The molecule has 1 heterocycles. The van der Waals surface area contributed by atoms with Crippen LogP contribution >= 0.6 is 27.3 Å². The highest BCUT2D eigenvalue weighted by Crippen LogP contribution is 2.20. The molecule has 6 heteroatoms. The van der Waals surface area contributed by atoms with Crippen molar-refractivity contribution in [3.05, 3.63) is 50.1 Å². The summed E-state index contributed by atoms with van der Waals surface area (Å²) in [4.78, 5) is 37.6. The molecule has 0 saturated heterocycles. The second-order valence-corrected chi connectivity index (χ2v) is 8.03. The van der Waals surface area contributed by atoms with Crippen molar-refractivity contribution in [3.63, 3.8) is 0 Å². The predicted molar refractivity (Wildman–Crippen MR) is 104 cm³/mol. The summed E-state index contributed by atoms with van der Waals surface area (Å²) in [7, 11) is 0. The maximum atomic E-state index is 12.0. The van der Waals surface area contributed by atoms with Crippen LogP contribution in [0.25, 0.3) is 0 Å². The van der Waals surface area contributed by atoms with E-state index in [1.54, 1.807) is 12.1 Å². The first kappa shape index (κ1) is 19.5. The van der Waals surface area contributed by atoms with Gasteiger partial charge in [0, 0.05) is 40.7 Å². The average Bonchev–Trinajstić information content (AvgIpc) is 3.00. The van der Waals surface area contributed by atoms with Crippen LogP contribution in [0.2, 0.25) is 0 Å². The van der Waals surface area contributed by atoms with Crippen LogP contribution in [0.1, 0.15) is 45.8 Å². The van der Waals surface area contributed by atoms with Crippen LogP contribution < -0.4 is 5.32 Å². The monoisotopic (exact) mass is 421 g/mol. The van der Waals surface area contributed by atoms with E-state index in [-0.39, 0.29) is 43.2 Å². The van der Waals surface area contributed by atoms with Crippen LogP contribution in [0.4, 0.5) is 5.69 Å². The molecule has 25 heavy (non-hydrogen) atoms. The van der Waals surface area contributed by atoms with E-state index in [2.05, 4.69) is 21.2 Å². The first-order chi connectivity index (χ1) is 11.8. The minimum atomic E-state index is -0.199. The molecular weight excluding hydrogens is 402 g/mol. The van der Waals surface area contributed by atoms with Crippen molar-refractivity contribution in [3.8, 4) is 0 Å². The number of thiophene rings is 1. The largest absolute Gasteiger partial charge is 0.326 e. The Hall–Kier alpha value is -1.79. The van der Waals surface area contributed by atoms with Crippen molar-refractivity contribution in [1.29, 1.82) is 0 Å². The van der Waals surface area contributed by atoms with Crippen LogP contribution in [-0.4, -0.2) is 17.5 Å². The molecule has 0 spiro atoms. The third kappa shape index (κ3) is 6.21. The van der Waals surface area contributed by atoms with E-state index < -0.39 is 0 Å². The number of amides is 1. The first-order valence-electron chi connectivity index (χ1n) is 8.02. The van der Waals surface area contributed by atoms with E-state index in [0.29, 0.717) is 10.6 Å². The predicted octanol–water partition coefficient (Wildman–Crippen LogP) is 5.08. The highest BCUT2D eigenvalue weighted by molar-refractivity contribution is 9.10. The molecule has 0 fully saturated rings. The average molecular weight is 422 g/mol. The third-order valence-electron chi connectivity index (χ3n) is 3.72. The van der Waals surface area contributed by atoms with Gasteiger partial charge >= 0.3 is 0 Å². The number of nitrogens with one attached hydrogen (secondary N) is 1. The molecule has 0 atom stereocenters. The van der Waals surface area contributed by atoms with E-state index in [1.807, 2.05) is 32.0 Å². The Morgan fingerprint density at radius 1 is 1.00 bits per heavy atom. The topological polar surface area (TPSA) is 63.2 Å². The van der Waals surface area contributed by atoms with Crippen molar-refractivity contribution >= 4 is 50.4 Å². The number of hydrogen-bond acceptors (Lipinski definition) is 4. The third-order valence-corrected chi connectivity index (χ3v) is 5.65. The van der Waals surface area contributed by atoms with Crippen LogP contribution in [0.15, 0.2) is 34.8 Å². The van der Waals surface area contributed by atoms with E-state index >= 15 is 0 Å². The zero-order valence-electron chi connectivity index (χ0n) is 14.2. The smallest absolute Gasteiger partial charge is 0.224 e. The summed E-state index contributed by atoms with van der Waals surface area (Å²) in [5, 5.41) is 2.78. The molecule has 1 N–H and O–H groups in total. The maximum absolute atomic E-state index is 12.0. The molecule has 2 rings (SSSR count). The van der Waals surface area contributed by atoms with E-state index in [1.165, 1.54) is 11.3 Å². The molecule has 1 aromatic carbocycles. The van der Waals surface area contributed by atoms with Gasteiger partial charge in [-0.1, -0.05) is 15.9 Å². The summed E-state index contributed by atoms with van der Waals surface area (Å²) in [5.41, 5.74) is 1.73. The lowest BCUT2D eigenvalue weighted by molar-refractivity contribution is -0.122. The van der Waals surface area contributed by atoms with Gasteiger partial charge in [0.2, 0.25) is 5.91 Å². The zero-order chi connectivity index (χ0) is 18.4. The Bertz CT molecular complexity index is 798. The summed E-state index contributed by atoms with van der Waals surface area (Å²) < 4.78 is 0.978. The minimum Gasteiger partial charge on any atom is -0.326 e. The SMILES string of the molecule is Cc1ccc(C(=O)CCC(=O)CCC(=O)Nc2ccc(Br)c(C)c2)s1. The van der Waals surface area contributed by atoms with Crippen LogP contribution in [-0.2, 0) is 9.59 Å². The number of carbonyl (C=O) groups is 3. The second kappa shape index (κ2) is 9.06. The molecule has 0 saturated carbocycles. The molecule has 132 valence electrons. The molecule has 0 radical (unpaired) electrons. The van der Waals surface area contributed by atoms with Gasteiger partial charge in [-0.15, -0.1) is 11.3 Å². The molecule has 0 unspecified atom stereocenters. The summed E-state index contributed by atoms with van der Waals surface area (Å²) in [5.74, 6) is -0.278. The Balaban J connectivity index is 1.72. The number of anilines is 1. The molecule has 0 aliphatic heterocycles. The van der Waals surface area contributed by atoms with Gasteiger partial charge in [-0.3, -0.25) is 14.4 Å². The van der Waals surface area contributed by atoms with Gasteiger partial charge in [0.15, 0.2) is 5.78 Å². The normalized spacial score (nSPS) is 10.5. The standard InChI is InChI=1S/C19H20BrNO3S/c1-12-11-14(4-7-16(12)20)21-19(24)10-6-15(22)5-8-17(23)18-9-3-13(2)25-18/h3-4,7,9,11H,5-6,8,10H2,1-2H3,(H,21,24). The van der Waals surface area contributed by atoms with Gasteiger partial charge in [0.05, 0.1) is 4.88 Å². The van der Waals surface area contributed by atoms with Crippen LogP contribution in [0.3, 0.4) is 0 Å².